The van der Waals surface area contributed by atoms with Crippen LogP contribution >= 0.6 is 11.6 Å². The van der Waals surface area contributed by atoms with Gasteiger partial charge in [-0.3, -0.25) is 4.79 Å². The van der Waals surface area contributed by atoms with E-state index in [4.69, 9.17) is 11.6 Å². The lowest BCUT2D eigenvalue weighted by molar-refractivity contribution is 0.589. The number of aryl methyl sites for hydroxylation is 2. The van der Waals surface area contributed by atoms with Crippen LogP contribution < -0.4 is 10.9 Å². The summed E-state index contributed by atoms with van der Waals surface area (Å²) >= 11 is 6.01. The van der Waals surface area contributed by atoms with E-state index in [1.807, 2.05) is 25.1 Å². The number of nitrogens with zero attached hydrogens (tertiary/aromatic N) is 5. The van der Waals surface area contributed by atoms with E-state index in [9.17, 15) is 13.2 Å². The smallest absolute Gasteiger partial charge is 0.275 e. The van der Waals surface area contributed by atoms with Crippen molar-refractivity contribution >= 4 is 55.1 Å². The van der Waals surface area contributed by atoms with Gasteiger partial charge in [-0.2, -0.15) is 0 Å². The maximum absolute atomic E-state index is 13.5. The second-order valence-electron chi connectivity index (χ2n) is 9.10. The van der Waals surface area contributed by atoms with Crippen molar-refractivity contribution in [2.75, 3.05) is 5.32 Å². The molecule has 1 N–H and O–H groups in total. The van der Waals surface area contributed by atoms with Gasteiger partial charge in [-0.15, -0.1) is 0 Å². The highest BCUT2D eigenvalue weighted by atomic mass is 35.5. The molecule has 9 nitrogen and oxygen atoms in total. The molecule has 0 spiro atoms. The first kappa shape index (κ1) is 24.8. The standard InChI is InChI=1S/C28H21ClN6O3S/c1-17-3-9-21(10-4-17)39(37,38)35-12-11-22-24(15-34(2)28(36)25(22)35)18-13-23-26(30-14-18)31-16-32-27(23)33-20-7-5-19(29)6-8-20/h3-16H,1-2H3,(H,30,31,32,33). The van der Waals surface area contributed by atoms with Gasteiger partial charge < -0.3 is 9.88 Å². The van der Waals surface area contributed by atoms with Crippen molar-refractivity contribution in [3.8, 4) is 11.1 Å². The topological polar surface area (TPSA) is 112 Å². The number of aromatic nitrogens is 5. The molecule has 194 valence electrons. The van der Waals surface area contributed by atoms with Gasteiger partial charge in [0.25, 0.3) is 15.6 Å². The molecule has 0 atom stereocenters. The number of hydrogen-bond acceptors (Lipinski definition) is 7. The fourth-order valence-electron chi connectivity index (χ4n) is 4.45. The number of nitrogens with one attached hydrogen (secondary N) is 1. The first-order chi connectivity index (χ1) is 18.7. The largest absolute Gasteiger partial charge is 0.340 e. The fraction of sp³-hybridized carbons (Fsp3) is 0.0714. The molecule has 0 amide bonds. The fourth-order valence-corrected chi connectivity index (χ4v) is 5.92. The predicted molar refractivity (Wildman–Crippen MR) is 152 cm³/mol. The molecule has 39 heavy (non-hydrogen) atoms. The summed E-state index contributed by atoms with van der Waals surface area (Å²) in [5, 5.41) is 5.02. The molecule has 0 fully saturated rings. The molecule has 0 unspecified atom stereocenters. The Kier molecular flexibility index (Phi) is 5.93. The molecule has 11 heteroatoms. The third-order valence-electron chi connectivity index (χ3n) is 6.47. The molecule has 0 aliphatic rings. The van der Waals surface area contributed by atoms with Gasteiger partial charge >= 0.3 is 0 Å². The molecule has 4 heterocycles. The maximum atomic E-state index is 13.5. The van der Waals surface area contributed by atoms with Crippen LogP contribution in [0.4, 0.5) is 11.5 Å². The molecule has 0 aliphatic heterocycles. The Labute approximate surface area is 228 Å². The van der Waals surface area contributed by atoms with Crippen LogP contribution in [0.5, 0.6) is 0 Å². The molecule has 2 aromatic carbocycles. The Morgan fingerprint density at radius 3 is 2.41 bits per heavy atom. The molecule has 0 saturated heterocycles. The summed E-state index contributed by atoms with van der Waals surface area (Å²) in [5.41, 5.74) is 3.13. The average molecular weight is 557 g/mol. The summed E-state index contributed by atoms with van der Waals surface area (Å²) in [6.07, 6.45) is 6.16. The number of pyridine rings is 2. The lowest BCUT2D eigenvalue weighted by Crippen LogP contribution is -2.22. The van der Waals surface area contributed by atoms with Crippen LogP contribution in [0.15, 0.2) is 95.3 Å². The lowest BCUT2D eigenvalue weighted by atomic mass is 10.0. The average Bonchev–Trinajstić information content (AvgIpc) is 3.39. The lowest BCUT2D eigenvalue weighted by Gasteiger charge is -2.12. The highest BCUT2D eigenvalue weighted by Gasteiger charge is 2.23. The van der Waals surface area contributed by atoms with Gasteiger partial charge in [0.1, 0.15) is 17.7 Å². The van der Waals surface area contributed by atoms with Crippen LogP contribution in [-0.2, 0) is 17.1 Å². The quantitative estimate of drug-likeness (QED) is 0.307. The van der Waals surface area contributed by atoms with Crippen molar-refractivity contribution in [1.82, 2.24) is 23.5 Å². The second kappa shape index (κ2) is 9.33. The third-order valence-corrected chi connectivity index (χ3v) is 8.41. The summed E-state index contributed by atoms with van der Waals surface area (Å²) in [4.78, 5) is 26.5. The number of fused-ring (bicyclic) bond motifs is 2. The predicted octanol–water partition coefficient (Wildman–Crippen LogP) is 5.29. The van der Waals surface area contributed by atoms with E-state index in [2.05, 4.69) is 20.3 Å². The monoisotopic (exact) mass is 556 g/mol. The zero-order chi connectivity index (χ0) is 27.3. The van der Waals surface area contributed by atoms with E-state index in [1.165, 1.54) is 29.2 Å². The second-order valence-corrected chi connectivity index (χ2v) is 11.4. The van der Waals surface area contributed by atoms with Crippen molar-refractivity contribution in [2.45, 2.75) is 11.8 Å². The van der Waals surface area contributed by atoms with Crippen LogP contribution in [-0.4, -0.2) is 31.9 Å². The molecule has 0 aliphatic carbocycles. The van der Waals surface area contributed by atoms with Crippen molar-refractivity contribution in [3.05, 3.63) is 107 Å². The molecule has 0 radical (unpaired) electrons. The molecular formula is C28H21ClN6O3S. The molecule has 0 saturated carbocycles. The van der Waals surface area contributed by atoms with E-state index in [1.54, 1.807) is 49.8 Å². The van der Waals surface area contributed by atoms with E-state index in [0.29, 0.717) is 38.4 Å². The van der Waals surface area contributed by atoms with E-state index in [0.717, 1.165) is 15.2 Å². The van der Waals surface area contributed by atoms with Crippen molar-refractivity contribution in [1.29, 1.82) is 0 Å². The zero-order valence-corrected chi connectivity index (χ0v) is 22.4. The number of hydrogen-bond donors (Lipinski definition) is 1. The molecule has 6 rings (SSSR count). The Bertz CT molecular complexity index is 2050. The Balaban J connectivity index is 1.52. The van der Waals surface area contributed by atoms with E-state index >= 15 is 0 Å². The highest BCUT2D eigenvalue weighted by Crippen LogP contribution is 2.32. The van der Waals surface area contributed by atoms with Gasteiger partial charge in [0.15, 0.2) is 5.65 Å². The van der Waals surface area contributed by atoms with Crippen LogP contribution in [0.1, 0.15) is 5.56 Å². The summed E-state index contributed by atoms with van der Waals surface area (Å²) in [6, 6.07) is 17.2. The van der Waals surface area contributed by atoms with Crippen LogP contribution in [0.2, 0.25) is 5.02 Å². The van der Waals surface area contributed by atoms with Crippen molar-refractivity contribution in [3.63, 3.8) is 0 Å². The minimum atomic E-state index is -4.01. The number of halogens is 1. The normalized spacial score (nSPS) is 11.8. The number of anilines is 2. The highest BCUT2D eigenvalue weighted by molar-refractivity contribution is 7.90. The van der Waals surface area contributed by atoms with Crippen LogP contribution in [0, 0.1) is 6.92 Å². The van der Waals surface area contributed by atoms with Crippen molar-refractivity contribution in [2.24, 2.45) is 7.05 Å². The Hall–Kier alpha value is -4.54. The molecule has 6 aromatic rings. The Morgan fingerprint density at radius 2 is 1.67 bits per heavy atom. The number of benzene rings is 2. The van der Waals surface area contributed by atoms with E-state index < -0.39 is 15.6 Å². The molecule has 0 bridgehead atoms. The van der Waals surface area contributed by atoms with Gasteiger partial charge in [0.05, 0.1) is 10.3 Å². The van der Waals surface area contributed by atoms with Gasteiger partial charge in [-0.25, -0.2) is 27.3 Å². The summed E-state index contributed by atoms with van der Waals surface area (Å²) in [6.45, 7) is 1.88. The molecular weight excluding hydrogens is 536 g/mol. The summed E-state index contributed by atoms with van der Waals surface area (Å²) < 4.78 is 29.4. The van der Waals surface area contributed by atoms with Crippen molar-refractivity contribution < 1.29 is 8.42 Å². The Morgan fingerprint density at radius 1 is 0.923 bits per heavy atom. The summed E-state index contributed by atoms with van der Waals surface area (Å²) in [5.74, 6) is 0.539. The van der Waals surface area contributed by atoms with Gasteiger partial charge in [0.2, 0.25) is 0 Å². The van der Waals surface area contributed by atoms with Gasteiger partial charge in [0, 0.05) is 52.9 Å². The zero-order valence-electron chi connectivity index (χ0n) is 20.8. The van der Waals surface area contributed by atoms with E-state index in [-0.39, 0.29) is 10.4 Å². The number of rotatable bonds is 5. The third kappa shape index (κ3) is 4.33. The summed E-state index contributed by atoms with van der Waals surface area (Å²) in [7, 11) is -2.42. The minimum absolute atomic E-state index is 0.0551. The van der Waals surface area contributed by atoms with Crippen LogP contribution in [0.25, 0.3) is 33.1 Å². The maximum Gasteiger partial charge on any atom is 0.275 e. The minimum Gasteiger partial charge on any atom is -0.340 e. The first-order valence-electron chi connectivity index (χ1n) is 11.9. The van der Waals surface area contributed by atoms with Gasteiger partial charge in [-0.05, 0) is 55.5 Å². The molecule has 4 aromatic heterocycles. The first-order valence-corrected chi connectivity index (χ1v) is 13.7. The van der Waals surface area contributed by atoms with Crippen LogP contribution in [0.3, 0.4) is 0 Å². The van der Waals surface area contributed by atoms with Gasteiger partial charge in [-0.1, -0.05) is 29.3 Å². The SMILES string of the molecule is Cc1ccc(S(=O)(=O)n2ccc3c(-c4cnc5ncnc(Nc6ccc(Cl)cc6)c5c4)cn(C)c(=O)c32)cc1.